The maximum absolute atomic E-state index is 11.8. The molecule has 3 saturated carbocycles. The van der Waals surface area contributed by atoms with Crippen molar-refractivity contribution in [1.82, 2.24) is 0 Å². The monoisotopic (exact) mass is 412 g/mol. The molecule has 0 aromatic carbocycles. The molecule has 30 heavy (non-hydrogen) atoms. The summed E-state index contributed by atoms with van der Waals surface area (Å²) in [5, 5.41) is 11.8. The van der Waals surface area contributed by atoms with E-state index in [1.165, 1.54) is 44.9 Å². The summed E-state index contributed by atoms with van der Waals surface area (Å²) < 4.78 is 0. The van der Waals surface area contributed by atoms with Crippen molar-refractivity contribution in [2.45, 2.75) is 112 Å². The molecule has 0 aliphatic heterocycles. The van der Waals surface area contributed by atoms with Gasteiger partial charge in [0.05, 0.1) is 5.60 Å². The van der Waals surface area contributed by atoms with Crippen LogP contribution in [0.25, 0.3) is 0 Å². The molecule has 1 nitrogen and oxygen atoms in total. The molecule has 0 saturated heterocycles. The van der Waals surface area contributed by atoms with Crippen molar-refractivity contribution < 1.29 is 5.11 Å². The average molecular weight is 413 g/mol. The van der Waals surface area contributed by atoms with Gasteiger partial charge in [0, 0.05) is 5.41 Å². The molecule has 8 atom stereocenters. The van der Waals surface area contributed by atoms with E-state index in [2.05, 4.69) is 60.6 Å². The van der Waals surface area contributed by atoms with E-state index >= 15 is 0 Å². The van der Waals surface area contributed by atoms with Crippen LogP contribution in [0.2, 0.25) is 0 Å². The molecule has 0 aromatic heterocycles. The third kappa shape index (κ3) is 3.20. The van der Waals surface area contributed by atoms with Gasteiger partial charge in [0.25, 0.3) is 0 Å². The first-order valence-corrected chi connectivity index (χ1v) is 13.2. The Morgan fingerprint density at radius 3 is 2.37 bits per heavy atom. The molecule has 1 N–H and O–H groups in total. The maximum atomic E-state index is 11.8. The minimum absolute atomic E-state index is 0.100. The third-order valence-electron chi connectivity index (χ3n) is 11.1. The van der Waals surface area contributed by atoms with Gasteiger partial charge in [-0.25, -0.2) is 0 Å². The molecule has 170 valence electrons. The first kappa shape index (κ1) is 22.6. The standard InChI is InChI=1S/C29H48O/c1-19(2)20(3)10-11-21(4)24-12-13-25-23-14-18-29(30)22(5)9-8-16-28(29,7)26(23)15-17-27(24,25)6/h10-11,19-22,24,26,30H,8-9,12-18H2,1-7H3/b11-10+/t20?,21-,22?,24-,26+,27-,28-,29?/m1/s1. The predicted octanol–water partition coefficient (Wildman–Crippen LogP) is 7.94. The van der Waals surface area contributed by atoms with E-state index in [-0.39, 0.29) is 5.41 Å². The topological polar surface area (TPSA) is 20.2 Å². The second-order valence-corrected chi connectivity index (χ2v) is 12.6. The molecule has 4 aliphatic carbocycles. The van der Waals surface area contributed by atoms with Gasteiger partial charge in [-0.05, 0) is 92.3 Å². The predicted molar refractivity (Wildman–Crippen MR) is 128 cm³/mol. The highest BCUT2D eigenvalue weighted by Crippen LogP contribution is 2.67. The van der Waals surface area contributed by atoms with Crippen LogP contribution < -0.4 is 0 Å². The van der Waals surface area contributed by atoms with Gasteiger partial charge in [-0.1, -0.05) is 78.2 Å². The Labute approximate surface area is 186 Å². The van der Waals surface area contributed by atoms with Crippen molar-refractivity contribution in [2.24, 2.45) is 46.3 Å². The zero-order valence-electron chi connectivity index (χ0n) is 20.9. The van der Waals surface area contributed by atoms with Crippen molar-refractivity contribution in [3.05, 3.63) is 23.3 Å². The molecule has 4 aliphatic rings. The highest BCUT2D eigenvalue weighted by Gasteiger charge is 2.61. The van der Waals surface area contributed by atoms with Crippen LogP contribution in [0.1, 0.15) is 106 Å². The van der Waals surface area contributed by atoms with E-state index in [0.29, 0.717) is 29.1 Å². The smallest absolute Gasteiger partial charge is 0.0735 e. The van der Waals surface area contributed by atoms with Crippen LogP contribution in [0.3, 0.4) is 0 Å². The first-order chi connectivity index (χ1) is 14.0. The van der Waals surface area contributed by atoms with E-state index in [0.717, 1.165) is 24.7 Å². The molecule has 3 fully saturated rings. The van der Waals surface area contributed by atoms with Crippen molar-refractivity contribution in [3.63, 3.8) is 0 Å². The zero-order valence-corrected chi connectivity index (χ0v) is 20.9. The lowest BCUT2D eigenvalue weighted by atomic mass is 9.45. The van der Waals surface area contributed by atoms with Gasteiger partial charge in [0.1, 0.15) is 0 Å². The summed E-state index contributed by atoms with van der Waals surface area (Å²) in [4.78, 5) is 0. The van der Waals surface area contributed by atoms with Crippen LogP contribution in [0.15, 0.2) is 23.3 Å². The summed E-state index contributed by atoms with van der Waals surface area (Å²) in [5.41, 5.74) is 3.70. The normalized spacial score (nSPS) is 46.0. The van der Waals surface area contributed by atoms with E-state index in [1.807, 2.05) is 5.57 Å². The Hall–Kier alpha value is -0.560. The largest absolute Gasteiger partial charge is 0.389 e. The number of rotatable bonds is 4. The average Bonchev–Trinajstić information content (AvgIpc) is 3.05. The molecule has 4 rings (SSSR count). The molecule has 0 aromatic rings. The van der Waals surface area contributed by atoms with Gasteiger partial charge in [0.15, 0.2) is 0 Å². The summed E-state index contributed by atoms with van der Waals surface area (Å²) in [6.07, 6.45) is 16.2. The Balaban J connectivity index is 1.62. The van der Waals surface area contributed by atoms with Gasteiger partial charge in [0.2, 0.25) is 0 Å². The van der Waals surface area contributed by atoms with Crippen LogP contribution >= 0.6 is 0 Å². The van der Waals surface area contributed by atoms with Crippen LogP contribution in [0.5, 0.6) is 0 Å². The van der Waals surface area contributed by atoms with Gasteiger partial charge >= 0.3 is 0 Å². The molecule has 0 amide bonds. The summed E-state index contributed by atoms with van der Waals surface area (Å²) >= 11 is 0. The second-order valence-electron chi connectivity index (χ2n) is 12.6. The fourth-order valence-electron chi connectivity index (χ4n) is 8.53. The lowest BCUT2D eigenvalue weighted by Gasteiger charge is -2.62. The number of hydrogen-bond acceptors (Lipinski definition) is 1. The minimum Gasteiger partial charge on any atom is -0.389 e. The Bertz CT molecular complexity index is 716. The van der Waals surface area contributed by atoms with Crippen LogP contribution in [-0.4, -0.2) is 10.7 Å². The lowest BCUT2D eigenvalue weighted by Crippen LogP contribution is -2.60. The van der Waals surface area contributed by atoms with E-state index in [4.69, 9.17) is 0 Å². The number of hydrogen-bond donors (Lipinski definition) is 1. The minimum atomic E-state index is -0.436. The van der Waals surface area contributed by atoms with Gasteiger partial charge in [-0.3, -0.25) is 0 Å². The Morgan fingerprint density at radius 2 is 1.67 bits per heavy atom. The van der Waals surface area contributed by atoms with Crippen molar-refractivity contribution >= 4 is 0 Å². The molecular weight excluding hydrogens is 364 g/mol. The van der Waals surface area contributed by atoms with Crippen LogP contribution in [0.4, 0.5) is 0 Å². The maximum Gasteiger partial charge on any atom is 0.0735 e. The van der Waals surface area contributed by atoms with Crippen molar-refractivity contribution in [3.8, 4) is 0 Å². The van der Waals surface area contributed by atoms with Crippen molar-refractivity contribution in [1.29, 1.82) is 0 Å². The summed E-state index contributed by atoms with van der Waals surface area (Å²) in [6.45, 7) is 16.9. The molecule has 0 radical (unpaired) electrons. The number of aliphatic hydroxyl groups is 1. The van der Waals surface area contributed by atoms with E-state index < -0.39 is 5.60 Å². The lowest BCUT2D eigenvalue weighted by molar-refractivity contribution is -0.181. The number of fused-ring (bicyclic) bond motifs is 4. The quantitative estimate of drug-likeness (QED) is 0.464. The molecular formula is C29H48O. The summed E-state index contributed by atoms with van der Waals surface area (Å²) in [7, 11) is 0. The second kappa shape index (κ2) is 7.79. The first-order valence-electron chi connectivity index (χ1n) is 13.2. The fourth-order valence-corrected chi connectivity index (χ4v) is 8.53. The van der Waals surface area contributed by atoms with Gasteiger partial charge in [-0.15, -0.1) is 0 Å². The van der Waals surface area contributed by atoms with E-state index in [1.54, 1.807) is 5.57 Å². The number of allylic oxidation sites excluding steroid dienone is 4. The Morgan fingerprint density at radius 1 is 0.933 bits per heavy atom. The SMILES string of the molecule is CC(C)C(C)/C=C/[C@@H](C)[C@H]1CCC2=C3CCC4(O)C(C)CCC[C@]4(C)[C@H]3CC[C@@]21C. The highest BCUT2D eigenvalue weighted by atomic mass is 16.3. The zero-order chi connectivity index (χ0) is 21.9. The van der Waals surface area contributed by atoms with E-state index in [9.17, 15) is 5.11 Å². The summed E-state index contributed by atoms with van der Waals surface area (Å²) in [5.74, 6) is 3.93. The highest BCUT2D eigenvalue weighted by molar-refractivity contribution is 5.36. The third-order valence-corrected chi connectivity index (χ3v) is 11.1. The van der Waals surface area contributed by atoms with Crippen LogP contribution in [0, 0.1) is 46.3 Å². The van der Waals surface area contributed by atoms with Crippen LogP contribution in [-0.2, 0) is 0 Å². The molecule has 0 bridgehead atoms. The summed E-state index contributed by atoms with van der Waals surface area (Å²) in [6, 6.07) is 0. The molecule has 1 heteroatoms. The molecule has 3 unspecified atom stereocenters. The fraction of sp³-hybridized carbons (Fsp3) is 0.862. The van der Waals surface area contributed by atoms with Gasteiger partial charge < -0.3 is 5.11 Å². The molecule has 0 spiro atoms. The Kier molecular flexibility index (Phi) is 5.87. The van der Waals surface area contributed by atoms with Crippen molar-refractivity contribution in [2.75, 3.05) is 0 Å². The molecule has 0 heterocycles. The van der Waals surface area contributed by atoms with Gasteiger partial charge in [-0.2, -0.15) is 0 Å².